The third-order valence-corrected chi connectivity index (χ3v) is 7.07. The maximum Gasteiger partial charge on any atom is 0.417 e. The number of rotatable bonds is 7. The lowest BCUT2D eigenvalue weighted by atomic mass is 10.1. The van der Waals surface area contributed by atoms with Crippen LogP contribution in [0.5, 0.6) is 0 Å². The SMILES string of the molecule is CN(C)S(=O)(=O)N(Cc1ccc(C(=O)Nc2ccc(Cl)c(C(F)(F)F)c2)cc1)c1ccccc1F. The van der Waals surface area contributed by atoms with Crippen LogP contribution in [0.15, 0.2) is 66.7 Å². The Bertz CT molecular complexity index is 1330. The molecule has 1 N–H and O–H groups in total. The molecule has 0 aliphatic carbocycles. The number of alkyl halides is 3. The molecule has 0 saturated carbocycles. The lowest BCUT2D eigenvalue weighted by Gasteiger charge is -2.27. The van der Waals surface area contributed by atoms with Gasteiger partial charge in [0.05, 0.1) is 22.8 Å². The standard InChI is InChI=1S/C23H20ClF4N3O3S/c1-30(2)35(33,34)31(21-6-4-3-5-20(21)25)14-15-7-9-16(10-8-15)22(32)29-17-11-12-19(24)18(13-17)23(26,27)28/h3-13H,14H2,1-2H3,(H,29,32). The van der Waals surface area contributed by atoms with Gasteiger partial charge in [0, 0.05) is 25.3 Å². The van der Waals surface area contributed by atoms with Crippen LogP contribution in [0.4, 0.5) is 28.9 Å². The average molecular weight is 530 g/mol. The van der Waals surface area contributed by atoms with Gasteiger partial charge in [-0.05, 0) is 48.0 Å². The highest BCUT2D eigenvalue weighted by Gasteiger charge is 2.33. The van der Waals surface area contributed by atoms with Crippen LogP contribution in [0.1, 0.15) is 21.5 Å². The molecule has 0 radical (unpaired) electrons. The summed E-state index contributed by atoms with van der Waals surface area (Å²) >= 11 is 5.59. The number of nitrogens with one attached hydrogen (secondary N) is 1. The highest BCUT2D eigenvalue weighted by atomic mass is 35.5. The fourth-order valence-electron chi connectivity index (χ4n) is 3.09. The predicted molar refractivity (Wildman–Crippen MR) is 126 cm³/mol. The summed E-state index contributed by atoms with van der Waals surface area (Å²) in [5.74, 6) is -1.41. The molecule has 0 atom stereocenters. The van der Waals surface area contributed by atoms with Gasteiger partial charge in [0.1, 0.15) is 5.82 Å². The summed E-state index contributed by atoms with van der Waals surface area (Å²) in [6.45, 7) is -0.227. The number of benzene rings is 3. The second-order valence-electron chi connectivity index (χ2n) is 7.59. The van der Waals surface area contributed by atoms with Crippen LogP contribution in [0.3, 0.4) is 0 Å². The Labute approximate surface area is 204 Å². The van der Waals surface area contributed by atoms with Gasteiger partial charge in [0.25, 0.3) is 5.91 Å². The maximum absolute atomic E-state index is 14.4. The van der Waals surface area contributed by atoms with Crippen molar-refractivity contribution in [2.75, 3.05) is 23.7 Å². The highest BCUT2D eigenvalue weighted by molar-refractivity contribution is 7.90. The molecular weight excluding hydrogens is 510 g/mol. The lowest BCUT2D eigenvalue weighted by molar-refractivity contribution is -0.137. The van der Waals surface area contributed by atoms with Crippen LogP contribution < -0.4 is 9.62 Å². The Kier molecular flexibility index (Phi) is 7.73. The molecule has 35 heavy (non-hydrogen) atoms. The zero-order valence-electron chi connectivity index (χ0n) is 18.5. The van der Waals surface area contributed by atoms with Gasteiger partial charge in [-0.1, -0.05) is 35.9 Å². The van der Waals surface area contributed by atoms with E-state index in [2.05, 4.69) is 5.32 Å². The van der Waals surface area contributed by atoms with Crippen LogP contribution in [0.2, 0.25) is 5.02 Å². The average Bonchev–Trinajstić information content (AvgIpc) is 2.78. The summed E-state index contributed by atoms with van der Waals surface area (Å²) < 4.78 is 81.0. The number of anilines is 2. The third-order valence-electron chi connectivity index (χ3n) is 4.93. The summed E-state index contributed by atoms with van der Waals surface area (Å²) in [7, 11) is -1.42. The van der Waals surface area contributed by atoms with E-state index in [1.54, 1.807) is 0 Å². The topological polar surface area (TPSA) is 69.7 Å². The van der Waals surface area contributed by atoms with Crippen LogP contribution in [-0.2, 0) is 22.9 Å². The first-order chi connectivity index (χ1) is 16.3. The van der Waals surface area contributed by atoms with Crippen molar-refractivity contribution in [3.63, 3.8) is 0 Å². The van der Waals surface area contributed by atoms with Gasteiger partial charge in [0.15, 0.2) is 0 Å². The van der Waals surface area contributed by atoms with Gasteiger partial charge in [-0.2, -0.15) is 25.9 Å². The van der Waals surface area contributed by atoms with Crippen molar-refractivity contribution in [3.8, 4) is 0 Å². The van der Waals surface area contributed by atoms with Crippen molar-refractivity contribution in [1.82, 2.24) is 4.31 Å². The molecule has 186 valence electrons. The molecule has 0 heterocycles. The Morgan fingerprint density at radius 3 is 2.20 bits per heavy atom. The number of nitrogens with zero attached hydrogens (tertiary/aromatic N) is 2. The monoisotopic (exact) mass is 529 g/mol. The van der Waals surface area contributed by atoms with Gasteiger partial charge >= 0.3 is 16.4 Å². The van der Waals surface area contributed by atoms with Crippen LogP contribution in [0.25, 0.3) is 0 Å². The van der Waals surface area contributed by atoms with E-state index in [4.69, 9.17) is 11.6 Å². The summed E-state index contributed by atoms with van der Waals surface area (Å²) in [6, 6.07) is 14.1. The molecule has 0 aromatic heterocycles. The molecule has 0 bridgehead atoms. The van der Waals surface area contributed by atoms with E-state index in [0.29, 0.717) is 5.56 Å². The minimum atomic E-state index is -4.68. The van der Waals surface area contributed by atoms with Crippen molar-refractivity contribution in [1.29, 1.82) is 0 Å². The maximum atomic E-state index is 14.4. The molecule has 0 spiro atoms. The van der Waals surface area contributed by atoms with Crippen molar-refractivity contribution >= 4 is 39.1 Å². The number of halogens is 5. The van der Waals surface area contributed by atoms with Gasteiger partial charge in [0.2, 0.25) is 0 Å². The first-order valence-electron chi connectivity index (χ1n) is 10.0. The van der Waals surface area contributed by atoms with E-state index in [1.165, 1.54) is 62.6 Å². The lowest BCUT2D eigenvalue weighted by Crippen LogP contribution is -2.40. The first-order valence-corrected chi connectivity index (χ1v) is 11.8. The number of carbonyl (C=O) groups is 1. The zero-order chi connectivity index (χ0) is 26.0. The van der Waals surface area contributed by atoms with E-state index in [1.807, 2.05) is 0 Å². The van der Waals surface area contributed by atoms with E-state index in [9.17, 15) is 30.8 Å². The van der Waals surface area contributed by atoms with E-state index >= 15 is 0 Å². The zero-order valence-corrected chi connectivity index (χ0v) is 20.0. The van der Waals surface area contributed by atoms with Crippen LogP contribution in [-0.4, -0.2) is 32.7 Å². The van der Waals surface area contributed by atoms with Crippen molar-refractivity contribution in [2.45, 2.75) is 12.7 Å². The molecule has 0 unspecified atom stereocenters. The second kappa shape index (κ2) is 10.2. The quantitative estimate of drug-likeness (QED) is 0.407. The normalized spacial score (nSPS) is 12.0. The van der Waals surface area contributed by atoms with Gasteiger partial charge in [-0.15, -0.1) is 0 Å². The minimum Gasteiger partial charge on any atom is -0.322 e. The summed E-state index contributed by atoms with van der Waals surface area (Å²) in [6.07, 6.45) is -4.68. The molecule has 1 amide bonds. The molecule has 0 aliphatic rings. The van der Waals surface area contributed by atoms with Crippen LogP contribution >= 0.6 is 11.6 Å². The molecule has 6 nitrogen and oxygen atoms in total. The van der Waals surface area contributed by atoms with E-state index in [-0.39, 0.29) is 23.5 Å². The second-order valence-corrected chi connectivity index (χ2v) is 10.1. The van der Waals surface area contributed by atoms with Crippen molar-refractivity contribution in [3.05, 3.63) is 94.3 Å². The fraction of sp³-hybridized carbons (Fsp3) is 0.174. The summed E-state index contributed by atoms with van der Waals surface area (Å²) in [5.41, 5.74) is -0.765. The smallest absolute Gasteiger partial charge is 0.322 e. The first kappa shape index (κ1) is 26.5. The summed E-state index contributed by atoms with van der Waals surface area (Å²) in [4.78, 5) is 12.5. The Morgan fingerprint density at radius 1 is 1.00 bits per heavy atom. The number of carbonyl (C=O) groups excluding carboxylic acids is 1. The number of hydrogen-bond donors (Lipinski definition) is 1. The van der Waals surface area contributed by atoms with Crippen molar-refractivity contribution in [2.24, 2.45) is 0 Å². The molecule has 0 saturated heterocycles. The predicted octanol–water partition coefficient (Wildman–Crippen LogP) is 5.56. The fourth-order valence-corrected chi connectivity index (χ4v) is 4.42. The third kappa shape index (κ3) is 6.11. The molecule has 3 rings (SSSR count). The van der Waals surface area contributed by atoms with E-state index < -0.39 is 38.7 Å². The molecular formula is C23H20ClF4N3O3S. The number of amides is 1. The van der Waals surface area contributed by atoms with Crippen LogP contribution in [0, 0.1) is 5.82 Å². The molecule has 12 heteroatoms. The Morgan fingerprint density at radius 2 is 1.63 bits per heavy atom. The highest BCUT2D eigenvalue weighted by Crippen LogP contribution is 2.36. The van der Waals surface area contributed by atoms with Gasteiger partial charge in [-0.3, -0.25) is 9.10 Å². The van der Waals surface area contributed by atoms with Gasteiger partial charge in [-0.25, -0.2) is 4.39 Å². The number of hydrogen-bond acceptors (Lipinski definition) is 3. The molecule has 3 aromatic carbocycles. The van der Waals surface area contributed by atoms with Gasteiger partial charge < -0.3 is 5.32 Å². The van der Waals surface area contributed by atoms with Crippen molar-refractivity contribution < 1.29 is 30.8 Å². The molecule has 3 aromatic rings. The molecule has 0 aliphatic heterocycles. The summed E-state index contributed by atoms with van der Waals surface area (Å²) in [5, 5.41) is 1.88. The van der Waals surface area contributed by atoms with E-state index in [0.717, 1.165) is 26.8 Å². The largest absolute Gasteiger partial charge is 0.417 e. The molecule has 0 fully saturated rings. The Balaban J connectivity index is 1.82. The Hall–Kier alpha value is -3.15. The minimum absolute atomic E-state index is 0.0985. The number of para-hydroxylation sites is 1.